The third-order valence-corrected chi connectivity index (χ3v) is 12.8. The van der Waals surface area contributed by atoms with E-state index in [4.69, 9.17) is 26.7 Å². The first-order valence-corrected chi connectivity index (χ1v) is 24.2. The van der Waals surface area contributed by atoms with Crippen molar-refractivity contribution in [1.29, 1.82) is 0 Å². The summed E-state index contributed by atoms with van der Waals surface area (Å²) < 4.78 is 12.3. The first kappa shape index (κ1) is 52.9. The number of amides is 2. The number of Topliss-reactive ketones (excluding diaryl/α,β-unsaturated/α-hetero) is 4. The van der Waals surface area contributed by atoms with Gasteiger partial charge in [0.15, 0.2) is 17.3 Å². The van der Waals surface area contributed by atoms with E-state index in [-0.39, 0.29) is 69.3 Å². The van der Waals surface area contributed by atoms with Gasteiger partial charge in [-0.15, -0.1) is 0 Å². The Labute approximate surface area is 401 Å². The van der Waals surface area contributed by atoms with E-state index in [0.29, 0.717) is 65.1 Å². The summed E-state index contributed by atoms with van der Waals surface area (Å²) in [6.45, 7) is 8.10. The molecular formula is C55H71N5O8. The van der Waals surface area contributed by atoms with E-state index < -0.39 is 47.4 Å². The molecule has 5 atom stereocenters. The second-order valence-electron chi connectivity index (χ2n) is 18.2. The maximum absolute atomic E-state index is 15.0. The van der Waals surface area contributed by atoms with Crippen molar-refractivity contribution in [3.8, 4) is 33.8 Å². The highest BCUT2D eigenvalue weighted by Gasteiger charge is 2.36. The molecular weight excluding hydrogens is 859 g/mol. The smallest absolute Gasteiger partial charge is 0.226 e. The van der Waals surface area contributed by atoms with Gasteiger partial charge in [0.05, 0.1) is 6.04 Å². The number of nitrogens with one attached hydrogen (secondary N) is 1. The number of ether oxygens (including phenoxy) is 2. The number of rotatable bonds is 23. The molecule has 0 aromatic heterocycles. The Balaban J connectivity index is 1.55. The largest absolute Gasteiger partial charge is 0.492 e. The zero-order chi connectivity index (χ0) is 49.3. The standard InChI is InChI=1S/C55H71N5O8/c1-6-7-10-38-12-15-40(16-13-38)41-17-19-42(20-18-41)48(62)34-44(11-8-9-24-56)55(66)60(5)53-43-21-23-52(68-28-26-58)46(33-43)45-31-39(14-22-51(45)67-27-25-57)32-47(49(63)29-35(2)37(4)61)59-54(65)36(3)30-50(53)64/h12-23,31,33,35-36,44,47,53H,6-11,24-30,32,34,56-58H2,1-5H3,(H,59,65)/t35-,36-,44-,47+,53+/m1/s1. The maximum Gasteiger partial charge on any atom is 0.226 e. The Bertz CT molecular complexity index is 2360. The summed E-state index contributed by atoms with van der Waals surface area (Å²) in [5.41, 5.74) is 23.7. The Morgan fingerprint density at radius 1 is 0.765 bits per heavy atom. The van der Waals surface area contributed by atoms with Crippen LogP contribution < -0.4 is 32.0 Å². The molecule has 4 bridgehead atoms. The topological polar surface area (TPSA) is 214 Å². The van der Waals surface area contributed by atoms with E-state index >= 15 is 0 Å². The van der Waals surface area contributed by atoms with Crippen molar-refractivity contribution in [2.75, 3.05) is 39.9 Å². The van der Waals surface area contributed by atoms with Gasteiger partial charge in [0.2, 0.25) is 11.8 Å². The number of hydrogen-bond donors (Lipinski definition) is 4. The molecule has 7 N–H and O–H groups in total. The zero-order valence-corrected chi connectivity index (χ0v) is 40.5. The van der Waals surface area contributed by atoms with Gasteiger partial charge in [-0.3, -0.25) is 28.8 Å². The van der Waals surface area contributed by atoms with Gasteiger partial charge in [-0.2, -0.15) is 0 Å². The predicted molar refractivity (Wildman–Crippen MR) is 266 cm³/mol. The number of carbonyl (C=O) groups excluding carboxylic acids is 6. The number of nitrogens with zero attached hydrogens (tertiary/aromatic N) is 1. The van der Waals surface area contributed by atoms with Gasteiger partial charge >= 0.3 is 0 Å². The first-order chi connectivity index (χ1) is 32.7. The lowest BCUT2D eigenvalue weighted by molar-refractivity contribution is -0.142. The van der Waals surface area contributed by atoms with Gasteiger partial charge < -0.3 is 36.9 Å². The monoisotopic (exact) mass is 930 g/mol. The van der Waals surface area contributed by atoms with Crippen molar-refractivity contribution in [3.63, 3.8) is 0 Å². The van der Waals surface area contributed by atoms with Crippen molar-refractivity contribution in [1.82, 2.24) is 10.2 Å². The molecule has 4 aromatic carbocycles. The lowest BCUT2D eigenvalue weighted by Crippen LogP contribution is -2.46. The van der Waals surface area contributed by atoms with Gasteiger partial charge in [0.25, 0.3) is 0 Å². The maximum atomic E-state index is 15.0. The number of fused-ring (bicyclic) bond motifs is 5. The zero-order valence-electron chi connectivity index (χ0n) is 40.5. The number of ketones is 4. The first-order valence-electron chi connectivity index (χ1n) is 24.2. The van der Waals surface area contributed by atoms with Crippen LogP contribution in [-0.4, -0.2) is 85.8 Å². The van der Waals surface area contributed by atoms with E-state index in [2.05, 4.69) is 36.5 Å². The average molecular weight is 930 g/mol. The highest BCUT2D eigenvalue weighted by atomic mass is 16.5. The second-order valence-corrected chi connectivity index (χ2v) is 18.2. The molecule has 1 aliphatic heterocycles. The fourth-order valence-corrected chi connectivity index (χ4v) is 8.64. The molecule has 0 saturated heterocycles. The molecule has 13 nitrogen and oxygen atoms in total. The number of carbonyl (C=O) groups is 6. The fourth-order valence-electron chi connectivity index (χ4n) is 8.64. The lowest BCUT2D eigenvalue weighted by Gasteiger charge is -2.32. The summed E-state index contributed by atoms with van der Waals surface area (Å²) in [6, 6.07) is 24.3. The van der Waals surface area contributed by atoms with Gasteiger partial charge in [-0.05, 0) is 97.7 Å². The molecule has 68 heavy (non-hydrogen) atoms. The van der Waals surface area contributed by atoms with Crippen molar-refractivity contribution in [2.24, 2.45) is 35.0 Å². The third-order valence-electron chi connectivity index (χ3n) is 12.8. The van der Waals surface area contributed by atoms with Crippen LogP contribution in [0.25, 0.3) is 22.3 Å². The fraction of sp³-hybridized carbons (Fsp3) is 0.455. The number of unbranched alkanes of at least 4 members (excludes halogenated alkanes) is 2. The van der Waals surface area contributed by atoms with Crippen LogP contribution in [0, 0.1) is 17.8 Å². The van der Waals surface area contributed by atoms with Gasteiger partial charge in [-0.25, -0.2) is 0 Å². The Morgan fingerprint density at radius 3 is 1.99 bits per heavy atom. The predicted octanol–water partition coefficient (Wildman–Crippen LogP) is 7.38. The SMILES string of the molecule is CCCCc1ccc(-c2ccc(C(=O)C[C@@H](CCCCN)C(=O)N(C)[C@@H]3C(=O)C[C@@H](C)C(=O)N[C@H](C(=O)C[C@@H](C)C(C)=O)Cc4ccc(OCCN)c(c4)-c4cc3ccc4OCCN)cc2)cc1. The van der Waals surface area contributed by atoms with Crippen LogP contribution in [0.4, 0.5) is 0 Å². The molecule has 1 heterocycles. The van der Waals surface area contributed by atoms with Crippen LogP contribution in [0.2, 0.25) is 0 Å². The Kier molecular flexibility index (Phi) is 20.2. The molecule has 0 aliphatic carbocycles. The van der Waals surface area contributed by atoms with E-state index in [1.54, 1.807) is 57.3 Å². The molecule has 0 saturated carbocycles. The molecule has 5 rings (SSSR count). The average Bonchev–Trinajstić information content (AvgIpc) is 3.33. The van der Waals surface area contributed by atoms with Gasteiger partial charge in [-0.1, -0.05) is 94.3 Å². The number of nitrogens with two attached hydrogens (primary N) is 3. The van der Waals surface area contributed by atoms with Crippen molar-refractivity contribution < 1.29 is 38.2 Å². The van der Waals surface area contributed by atoms with Crippen molar-refractivity contribution in [2.45, 2.75) is 104 Å². The summed E-state index contributed by atoms with van der Waals surface area (Å²) in [5.74, 6) is -3.41. The van der Waals surface area contributed by atoms with Gasteiger partial charge in [0, 0.05) is 73.8 Å². The van der Waals surface area contributed by atoms with Crippen molar-refractivity contribution >= 4 is 34.9 Å². The number of aryl methyl sites for hydroxylation is 1. The van der Waals surface area contributed by atoms with E-state index in [1.165, 1.54) is 17.4 Å². The third kappa shape index (κ3) is 14.3. The van der Waals surface area contributed by atoms with Gasteiger partial charge in [0.1, 0.15) is 36.5 Å². The molecule has 13 heteroatoms. The quantitative estimate of drug-likeness (QED) is 0.0426. The summed E-state index contributed by atoms with van der Waals surface area (Å²) >= 11 is 0. The Hall–Kier alpha value is -6.02. The minimum atomic E-state index is -1.20. The molecule has 0 radical (unpaired) electrons. The normalized spacial score (nSPS) is 17.0. The van der Waals surface area contributed by atoms with Crippen LogP contribution in [0.1, 0.15) is 112 Å². The van der Waals surface area contributed by atoms with E-state index in [1.807, 2.05) is 24.3 Å². The Morgan fingerprint density at radius 2 is 1.38 bits per heavy atom. The van der Waals surface area contributed by atoms with Crippen LogP contribution in [0.5, 0.6) is 11.5 Å². The summed E-state index contributed by atoms with van der Waals surface area (Å²) in [7, 11) is 1.56. The van der Waals surface area contributed by atoms with Crippen LogP contribution in [0.3, 0.4) is 0 Å². The molecule has 0 fully saturated rings. The molecule has 2 amide bonds. The lowest BCUT2D eigenvalue weighted by atomic mass is 9.87. The summed E-state index contributed by atoms with van der Waals surface area (Å²) in [6.07, 6.45) is 4.52. The van der Waals surface area contributed by atoms with Crippen LogP contribution in [0.15, 0.2) is 84.9 Å². The highest BCUT2D eigenvalue weighted by molar-refractivity contribution is 6.00. The molecule has 364 valence electrons. The number of hydrogen-bond acceptors (Lipinski definition) is 11. The minimum Gasteiger partial charge on any atom is -0.492 e. The van der Waals surface area contributed by atoms with Crippen LogP contribution >= 0.6 is 0 Å². The number of likely N-dealkylation sites (N-methyl/N-ethyl adjacent to an activating group) is 1. The molecule has 0 spiro atoms. The minimum absolute atomic E-state index is 0.0832. The summed E-state index contributed by atoms with van der Waals surface area (Å²) in [5, 5.41) is 2.90. The molecule has 4 aromatic rings. The highest BCUT2D eigenvalue weighted by Crippen LogP contribution is 2.41. The second kappa shape index (κ2) is 25.9. The van der Waals surface area contributed by atoms with Crippen molar-refractivity contribution in [3.05, 3.63) is 107 Å². The number of benzene rings is 4. The molecule has 1 aliphatic rings. The van der Waals surface area contributed by atoms with E-state index in [0.717, 1.165) is 30.4 Å². The molecule has 0 unspecified atom stereocenters. The van der Waals surface area contributed by atoms with E-state index in [9.17, 15) is 28.8 Å². The summed E-state index contributed by atoms with van der Waals surface area (Å²) in [4.78, 5) is 85.4. The van der Waals surface area contributed by atoms with Crippen LogP contribution in [-0.2, 0) is 36.8 Å².